The van der Waals surface area contributed by atoms with Crippen LogP contribution >= 0.6 is 22.9 Å². The summed E-state index contributed by atoms with van der Waals surface area (Å²) in [6.07, 6.45) is 2.35. The van der Waals surface area contributed by atoms with Gasteiger partial charge >= 0.3 is 5.97 Å². The number of benzene rings is 1. The Labute approximate surface area is 219 Å². The molecule has 36 heavy (non-hydrogen) atoms. The summed E-state index contributed by atoms with van der Waals surface area (Å²) in [4.78, 5) is 35.9. The fraction of sp³-hybridized carbons (Fsp3) is 0.520. The highest BCUT2D eigenvalue weighted by molar-refractivity contribution is 7.22. The summed E-state index contributed by atoms with van der Waals surface area (Å²) in [7, 11) is 0. The van der Waals surface area contributed by atoms with Crippen molar-refractivity contribution >= 4 is 55.9 Å². The number of hydrogen-bond donors (Lipinski definition) is 4. The first-order valence-electron chi connectivity index (χ1n) is 12.3. The highest BCUT2D eigenvalue weighted by Crippen LogP contribution is 2.33. The molecule has 2 aromatic rings. The van der Waals surface area contributed by atoms with Crippen LogP contribution in [0.4, 0.5) is 5.13 Å². The van der Waals surface area contributed by atoms with E-state index in [-0.39, 0.29) is 29.3 Å². The maximum atomic E-state index is 13.1. The number of thiazole rings is 1. The van der Waals surface area contributed by atoms with Gasteiger partial charge in [-0.15, -0.1) is 0 Å². The van der Waals surface area contributed by atoms with E-state index in [0.29, 0.717) is 47.2 Å². The average Bonchev–Trinajstić information content (AvgIpc) is 3.39. The minimum atomic E-state index is -0.959. The van der Waals surface area contributed by atoms with Crippen LogP contribution in [0.25, 0.3) is 10.2 Å². The molecule has 0 saturated carbocycles. The standard InChI is InChI=1S/C25H33ClN6O3S/c1-4-14-19(27)20(31-22(14)26)23(33)29-16-9-11-32(12-18(16)28-10-8-13(2)3)25-30-17-7-5-6-15(24(34)35)21(17)36-25/h5-7,13,16,18-19,28H,4,8-12,27H2,1-3H3,(H,29,33)(H,34,35). The third-order valence-electron chi connectivity index (χ3n) is 6.73. The lowest BCUT2D eigenvalue weighted by Gasteiger charge is -2.39. The van der Waals surface area contributed by atoms with Gasteiger partial charge in [0.1, 0.15) is 10.9 Å². The number of aromatic nitrogens is 1. The zero-order valence-corrected chi connectivity index (χ0v) is 22.3. The number of piperidine rings is 1. The predicted molar refractivity (Wildman–Crippen MR) is 145 cm³/mol. The van der Waals surface area contributed by atoms with E-state index in [1.54, 1.807) is 12.1 Å². The zero-order valence-electron chi connectivity index (χ0n) is 20.8. The zero-order chi connectivity index (χ0) is 26.0. The van der Waals surface area contributed by atoms with Crippen LogP contribution in [-0.2, 0) is 4.79 Å². The molecule has 4 rings (SSSR count). The highest BCUT2D eigenvalue weighted by Gasteiger charge is 2.35. The highest BCUT2D eigenvalue weighted by atomic mass is 35.5. The largest absolute Gasteiger partial charge is 0.478 e. The first-order chi connectivity index (χ1) is 17.2. The number of carboxylic acids is 1. The number of halogens is 1. The number of nitrogens with two attached hydrogens (primary N) is 1. The van der Waals surface area contributed by atoms with Crippen LogP contribution in [-0.4, -0.2) is 65.4 Å². The second-order valence-electron chi connectivity index (χ2n) is 9.66. The summed E-state index contributed by atoms with van der Waals surface area (Å²) in [5, 5.41) is 17.4. The van der Waals surface area contributed by atoms with E-state index in [9.17, 15) is 14.7 Å². The molecule has 1 fully saturated rings. The Hall–Kier alpha value is -2.53. The molecule has 3 atom stereocenters. The first kappa shape index (κ1) is 26.5. The lowest BCUT2D eigenvalue weighted by molar-refractivity contribution is -0.115. The van der Waals surface area contributed by atoms with Crippen LogP contribution in [0.5, 0.6) is 0 Å². The maximum Gasteiger partial charge on any atom is 0.337 e. The van der Waals surface area contributed by atoms with Crippen molar-refractivity contribution in [1.29, 1.82) is 0 Å². The first-order valence-corrected chi connectivity index (χ1v) is 13.5. The molecule has 0 aliphatic carbocycles. The number of rotatable bonds is 9. The monoisotopic (exact) mass is 532 g/mol. The Bertz CT molecular complexity index is 1210. The third-order valence-corrected chi connectivity index (χ3v) is 8.22. The van der Waals surface area contributed by atoms with Crippen LogP contribution in [0, 0.1) is 5.92 Å². The maximum absolute atomic E-state index is 13.1. The number of nitrogens with zero attached hydrogens (tertiary/aromatic N) is 3. The Balaban J connectivity index is 1.51. The van der Waals surface area contributed by atoms with Crippen molar-refractivity contribution < 1.29 is 14.7 Å². The molecule has 3 heterocycles. The van der Waals surface area contributed by atoms with Gasteiger partial charge in [-0.3, -0.25) is 4.79 Å². The molecular weight excluding hydrogens is 500 g/mol. The Morgan fingerprint density at radius 1 is 1.33 bits per heavy atom. The number of carbonyl (C=O) groups is 2. The lowest BCUT2D eigenvalue weighted by atomic mass is 9.97. The van der Waals surface area contributed by atoms with E-state index in [1.807, 2.05) is 13.0 Å². The van der Waals surface area contributed by atoms with Crippen molar-refractivity contribution in [2.45, 2.75) is 58.2 Å². The summed E-state index contributed by atoms with van der Waals surface area (Å²) >= 11 is 7.59. The molecule has 0 spiro atoms. The van der Waals surface area contributed by atoms with E-state index < -0.39 is 12.0 Å². The molecule has 1 amide bonds. The molecule has 1 aromatic heterocycles. The van der Waals surface area contributed by atoms with Crippen molar-refractivity contribution in [2.75, 3.05) is 24.5 Å². The molecule has 9 nitrogen and oxygen atoms in total. The van der Waals surface area contributed by atoms with Crippen molar-refractivity contribution in [3.8, 4) is 0 Å². The van der Waals surface area contributed by atoms with Gasteiger partial charge in [0.25, 0.3) is 5.91 Å². The Morgan fingerprint density at radius 2 is 2.11 bits per heavy atom. The number of aromatic carboxylic acids is 1. The molecule has 1 aromatic carbocycles. The van der Waals surface area contributed by atoms with E-state index in [2.05, 4.69) is 34.4 Å². The summed E-state index contributed by atoms with van der Waals surface area (Å²) in [6, 6.07) is 4.42. The smallest absolute Gasteiger partial charge is 0.337 e. The van der Waals surface area contributed by atoms with Gasteiger partial charge in [-0.05, 0) is 49.4 Å². The SMILES string of the molecule is CCC1=C(Cl)N=C(C(=O)NC2CCN(c3nc4cccc(C(=O)O)c4s3)CC2NCCC(C)C)C1N. The Kier molecular flexibility index (Phi) is 8.29. The minimum Gasteiger partial charge on any atom is -0.478 e. The van der Waals surface area contributed by atoms with Crippen LogP contribution in [0.1, 0.15) is 50.4 Å². The van der Waals surface area contributed by atoms with E-state index in [1.165, 1.54) is 11.3 Å². The molecule has 0 bridgehead atoms. The molecule has 0 radical (unpaired) electrons. The van der Waals surface area contributed by atoms with Crippen LogP contribution in [0.2, 0.25) is 0 Å². The van der Waals surface area contributed by atoms with Crippen molar-refractivity contribution in [1.82, 2.24) is 15.6 Å². The van der Waals surface area contributed by atoms with Gasteiger partial charge in [-0.25, -0.2) is 14.8 Å². The molecule has 194 valence electrons. The third kappa shape index (κ3) is 5.56. The molecule has 1 saturated heterocycles. The van der Waals surface area contributed by atoms with Gasteiger partial charge < -0.3 is 26.4 Å². The Morgan fingerprint density at radius 3 is 2.78 bits per heavy atom. The van der Waals surface area contributed by atoms with Crippen LogP contribution < -0.4 is 21.3 Å². The number of nitrogens with one attached hydrogen (secondary N) is 2. The van der Waals surface area contributed by atoms with E-state index in [0.717, 1.165) is 23.7 Å². The summed E-state index contributed by atoms with van der Waals surface area (Å²) in [5.74, 6) is -0.695. The number of amides is 1. The second-order valence-corrected chi connectivity index (χ2v) is 11.0. The molecule has 3 unspecified atom stereocenters. The fourth-order valence-corrected chi connectivity index (χ4v) is 6.09. The van der Waals surface area contributed by atoms with Crippen LogP contribution in [0.15, 0.2) is 33.9 Å². The fourth-order valence-electron chi connectivity index (χ4n) is 4.64. The topological polar surface area (TPSA) is 133 Å². The molecule has 2 aliphatic heterocycles. The van der Waals surface area contributed by atoms with Crippen molar-refractivity contribution in [3.63, 3.8) is 0 Å². The summed E-state index contributed by atoms with van der Waals surface area (Å²) < 4.78 is 0.670. The molecule has 5 N–H and O–H groups in total. The molecular formula is C25H33ClN6O3S. The van der Waals surface area contributed by atoms with Crippen LogP contribution in [0.3, 0.4) is 0 Å². The van der Waals surface area contributed by atoms with Gasteiger partial charge in [0, 0.05) is 25.2 Å². The normalized spacial score (nSPS) is 22.4. The number of carbonyl (C=O) groups excluding carboxylic acids is 1. The second kappa shape index (κ2) is 11.2. The van der Waals surface area contributed by atoms with Gasteiger partial charge in [0.15, 0.2) is 5.13 Å². The summed E-state index contributed by atoms with van der Waals surface area (Å²) in [5.41, 5.74) is 8.22. The number of fused-ring (bicyclic) bond motifs is 1. The number of hydrogen-bond acceptors (Lipinski definition) is 8. The van der Waals surface area contributed by atoms with Gasteiger partial charge in [0.05, 0.1) is 21.8 Å². The van der Waals surface area contributed by atoms with Crippen molar-refractivity contribution in [3.05, 3.63) is 34.5 Å². The van der Waals surface area contributed by atoms with E-state index in [4.69, 9.17) is 22.3 Å². The minimum absolute atomic E-state index is 0.0280. The van der Waals surface area contributed by atoms with Gasteiger partial charge in [-0.1, -0.05) is 49.8 Å². The van der Waals surface area contributed by atoms with E-state index >= 15 is 0 Å². The molecule has 11 heteroatoms. The lowest BCUT2D eigenvalue weighted by Crippen LogP contribution is -2.61. The number of aliphatic imine (C=N–C) groups is 1. The number of anilines is 1. The average molecular weight is 533 g/mol. The number of carboxylic acid groups (broad SMARTS) is 1. The summed E-state index contributed by atoms with van der Waals surface area (Å²) in [6.45, 7) is 8.42. The molecule has 2 aliphatic rings. The quantitative estimate of drug-likeness (QED) is 0.364. The van der Waals surface area contributed by atoms with Gasteiger partial charge in [0.2, 0.25) is 0 Å². The predicted octanol–water partition coefficient (Wildman–Crippen LogP) is 3.34. The van der Waals surface area contributed by atoms with Crippen molar-refractivity contribution in [2.24, 2.45) is 16.6 Å². The van der Waals surface area contributed by atoms with Gasteiger partial charge in [-0.2, -0.15) is 0 Å².